The number of allylic oxidation sites excluding steroid dienone is 1. The Hall–Kier alpha value is -5.46. The van der Waals surface area contributed by atoms with E-state index in [-0.39, 0.29) is 35.7 Å². The van der Waals surface area contributed by atoms with E-state index in [0.717, 1.165) is 70.7 Å². The molecule has 3 N–H and O–H groups in total. The predicted octanol–water partition coefficient (Wildman–Crippen LogP) is 6.35. The third-order valence-corrected chi connectivity index (χ3v) is 10.7. The summed E-state index contributed by atoms with van der Waals surface area (Å²) in [6.45, 7) is 8.87. The van der Waals surface area contributed by atoms with Gasteiger partial charge in [-0.1, -0.05) is 76.2 Å². The van der Waals surface area contributed by atoms with E-state index in [9.17, 15) is 19.2 Å². The van der Waals surface area contributed by atoms with Gasteiger partial charge in [0.2, 0.25) is 11.8 Å². The number of H-pyrrole nitrogens is 1. The average Bonchev–Trinajstić information content (AvgIpc) is 4.02. The number of amides is 4. The fourth-order valence-electron chi connectivity index (χ4n) is 7.65. The molecule has 0 saturated carbocycles. The summed E-state index contributed by atoms with van der Waals surface area (Å²) in [4.78, 5) is 67.5. The van der Waals surface area contributed by atoms with Crippen molar-refractivity contribution in [3.63, 3.8) is 0 Å². The second-order valence-corrected chi connectivity index (χ2v) is 14.9. The van der Waals surface area contributed by atoms with Gasteiger partial charge in [-0.05, 0) is 65.3 Å². The summed E-state index contributed by atoms with van der Waals surface area (Å²) in [6, 6.07) is 15.1. The number of nitrogens with zero attached hydrogens (tertiary/aromatic N) is 4. The van der Waals surface area contributed by atoms with Gasteiger partial charge in [0.1, 0.15) is 17.9 Å². The molecule has 2 saturated heterocycles. The molecule has 0 spiro atoms. The number of likely N-dealkylation sites (tertiary alicyclic amines) is 2. The molecule has 0 radical (unpaired) electrons. The minimum atomic E-state index is -0.684. The van der Waals surface area contributed by atoms with Crippen molar-refractivity contribution in [3.8, 4) is 22.4 Å². The van der Waals surface area contributed by atoms with E-state index in [4.69, 9.17) is 14.5 Å². The monoisotopic (exact) mass is 737 g/mol. The minimum absolute atomic E-state index is 0.0837. The normalized spacial score (nSPS) is 19.4. The number of nitrogens with one attached hydrogen (secondary N) is 3. The van der Waals surface area contributed by atoms with Crippen molar-refractivity contribution in [2.24, 2.45) is 16.8 Å². The lowest BCUT2D eigenvalue weighted by Gasteiger charge is -2.31. The van der Waals surface area contributed by atoms with E-state index in [1.165, 1.54) is 14.2 Å². The number of rotatable bonds is 11. The zero-order valence-electron chi connectivity index (χ0n) is 31.9. The smallest absolute Gasteiger partial charge is 0.407 e. The van der Waals surface area contributed by atoms with Crippen LogP contribution in [0.1, 0.15) is 77.2 Å². The molecule has 4 atom stereocenters. The highest BCUT2D eigenvalue weighted by Gasteiger charge is 2.39. The lowest BCUT2D eigenvalue weighted by molar-refractivity contribution is -0.135. The van der Waals surface area contributed by atoms with Crippen LogP contribution in [0, 0.1) is 11.8 Å². The van der Waals surface area contributed by atoms with Crippen LogP contribution in [-0.2, 0) is 19.1 Å². The molecule has 286 valence electrons. The highest BCUT2D eigenvalue weighted by molar-refractivity contribution is 6.04. The fourth-order valence-corrected chi connectivity index (χ4v) is 7.65. The Morgan fingerprint density at radius 1 is 0.722 bits per heavy atom. The molecule has 6 rings (SSSR count). The van der Waals surface area contributed by atoms with Crippen molar-refractivity contribution in [1.82, 2.24) is 30.4 Å². The molecule has 2 fully saturated rings. The van der Waals surface area contributed by atoms with Crippen LogP contribution >= 0.6 is 0 Å². The van der Waals surface area contributed by atoms with Crippen LogP contribution in [0.3, 0.4) is 0 Å². The number of carbonyl (C=O) groups excluding carboxylic acids is 4. The van der Waals surface area contributed by atoms with Crippen molar-refractivity contribution in [2.75, 3.05) is 27.3 Å². The van der Waals surface area contributed by atoms with Gasteiger partial charge in [-0.2, -0.15) is 0 Å². The standard InChI is InChI=1S/C41H51N7O6/c1-24(2)35(45-40(51)53-5)38(49)47-19-7-9-33(47)31-21-30(22-42-31)28-13-11-26(12-14-28)27-15-17-29(18-16-27)32-23-43-37(44-32)34-10-8-20-48(34)39(50)36(25(3)4)46-41(52)54-6/h11-18,22-25,33-36H,7-10,19-21H2,1-6H3,(H,43,44)(H,45,51)(H,46,52)/t33?,34?,35-,36-/m0/s1. The van der Waals surface area contributed by atoms with Gasteiger partial charge in [-0.3, -0.25) is 14.6 Å². The maximum atomic E-state index is 13.5. The molecule has 13 nitrogen and oxygen atoms in total. The number of imidazole rings is 1. The van der Waals surface area contributed by atoms with Crippen LogP contribution in [-0.4, -0.2) is 94.9 Å². The van der Waals surface area contributed by atoms with Gasteiger partial charge in [0, 0.05) is 31.4 Å². The van der Waals surface area contributed by atoms with Crippen LogP contribution in [0.4, 0.5) is 9.59 Å². The number of alkyl carbamates (subject to hydrolysis) is 2. The van der Waals surface area contributed by atoms with Gasteiger partial charge in [0.05, 0.1) is 38.2 Å². The second-order valence-electron chi connectivity index (χ2n) is 14.9. The first-order valence-electron chi connectivity index (χ1n) is 18.8. The largest absolute Gasteiger partial charge is 0.453 e. The highest BCUT2D eigenvalue weighted by Crippen LogP contribution is 2.34. The zero-order chi connectivity index (χ0) is 38.5. The molecule has 54 heavy (non-hydrogen) atoms. The SMILES string of the molecule is COC(=O)N[C@H](C(=O)N1CCCC1C1=NC=C(c2ccc(-c3ccc(-c4cnc(C5CCCN5C(=O)[C@@H](NC(=O)OC)C(C)C)[nH]4)cc3)cc2)C1)C(C)C. The number of ether oxygens (including phenoxy) is 2. The number of hydrogen-bond donors (Lipinski definition) is 3. The Bertz CT molecular complexity index is 1900. The topological polar surface area (TPSA) is 158 Å². The number of benzene rings is 2. The quantitative estimate of drug-likeness (QED) is 0.207. The maximum Gasteiger partial charge on any atom is 0.407 e. The van der Waals surface area contributed by atoms with Crippen LogP contribution in [0.2, 0.25) is 0 Å². The number of aliphatic imine (C=N–C) groups is 1. The van der Waals surface area contributed by atoms with Crippen molar-refractivity contribution >= 4 is 35.3 Å². The Morgan fingerprint density at radius 2 is 1.20 bits per heavy atom. The summed E-state index contributed by atoms with van der Waals surface area (Å²) in [5, 5.41) is 5.41. The van der Waals surface area contributed by atoms with Gasteiger partial charge in [0.25, 0.3) is 0 Å². The van der Waals surface area contributed by atoms with E-state index in [0.29, 0.717) is 19.5 Å². The molecule has 0 bridgehead atoms. The van der Waals surface area contributed by atoms with E-state index >= 15 is 0 Å². The average molecular weight is 738 g/mol. The predicted molar refractivity (Wildman–Crippen MR) is 206 cm³/mol. The Morgan fingerprint density at radius 3 is 1.72 bits per heavy atom. The molecule has 13 heteroatoms. The first-order valence-corrected chi connectivity index (χ1v) is 18.8. The molecule has 0 aliphatic carbocycles. The number of aromatic nitrogens is 2. The van der Waals surface area contributed by atoms with Crippen LogP contribution in [0.25, 0.3) is 28.0 Å². The zero-order valence-corrected chi connectivity index (χ0v) is 31.9. The number of carbonyl (C=O) groups is 4. The summed E-state index contributed by atoms with van der Waals surface area (Å²) < 4.78 is 9.52. The maximum absolute atomic E-state index is 13.5. The van der Waals surface area contributed by atoms with Gasteiger partial charge in [-0.25, -0.2) is 14.6 Å². The Labute approximate surface area is 316 Å². The molecular formula is C41H51N7O6. The summed E-state index contributed by atoms with van der Waals surface area (Å²) in [5.74, 6) is 0.306. The van der Waals surface area contributed by atoms with E-state index < -0.39 is 24.3 Å². The summed E-state index contributed by atoms with van der Waals surface area (Å²) in [5.41, 5.74) is 7.18. The lowest BCUT2D eigenvalue weighted by atomic mass is 9.95. The van der Waals surface area contributed by atoms with Gasteiger partial charge in [-0.15, -0.1) is 0 Å². The molecule has 3 aliphatic rings. The van der Waals surface area contributed by atoms with Crippen molar-refractivity contribution in [2.45, 2.75) is 84.0 Å². The van der Waals surface area contributed by atoms with Gasteiger partial charge >= 0.3 is 12.2 Å². The molecule has 2 unspecified atom stereocenters. The number of hydrogen-bond acceptors (Lipinski definition) is 8. The minimum Gasteiger partial charge on any atom is -0.453 e. The van der Waals surface area contributed by atoms with Gasteiger partial charge in [0.15, 0.2) is 0 Å². The third kappa shape index (κ3) is 8.19. The number of methoxy groups -OCH3 is 2. The molecule has 1 aromatic heterocycles. The number of aromatic amines is 1. The molecule has 2 aromatic carbocycles. The summed E-state index contributed by atoms with van der Waals surface area (Å²) >= 11 is 0. The van der Waals surface area contributed by atoms with Crippen molar-refractivity contribution < 1.29 is 28.7 Å². The van der Waals surface area contributed by atoms with Crippen molar-refractivity contribution in [1.29, 1.82) is 0 Å². The summed E-state index contributed by atoms with van der Waals surface area (Å²) in [7, 11) is 2.59. The fraction of sp³-hybridized carbons (Fsp3) is 0.463. The second kappa shape index (κ2) is 16.7. The molecule has 4 heterocycles. The van der Waals surface area contributed by atoms with Crippen LogP contribution in [0.5, 0.6) is 0 Å². The van der Waals surface area contributed by atoms with Gasteiger partial charge < -0.3 is 34.9 Å². The van der Waals surface area contributed by atoms with E-state index in [2.05, 4.69) is 69.1 Å². The lowest BCUT2D eigenvalue weighted by Crippen LogP contribution is -2.53. The highest BCUT2D eigenvalue weighted by atomic mass is 16.5. The Kier molecular flexibility index (Phi) is 11.8. The molecular weight excluding hydrogens is 686 g/mol. The molecule has 4 amide bonds. The first-order chi connectivity index (χ1) is 26.0. The van der Waals surface area contributed by atoms with E-state index in [1.54, 1.807) is 6.20 Å². The van der Waals surface area contributed by atoms with Crippen LogP contribution in [0.15, 0.2) is 65.9 Å². The van der Waals surface area contributed by atoms with Crippen molar-refractivity contribution in [3.05, 3.63) is 72.3 Å². The Balaban J connectivity index is 1.07. The van der Waals surface area contributed by atoms with Crippen LogP contribution < -0.4 is 10.6 Å². The summed E-state index contributed by atoms with van der Waals surface area (Å²) in [6.07, 6.45) is 6.52. The van der Waals surface area contributed by atoms with E-state index in [1.807, 2.05) is 43.7 Å². The third-order valence-electron chi connectivity index (χ3n) is 10.7. The molecule has 3 aliphatic heterocycles. The first kappa shape index (κ1) is 38.3. The molecule has 3 aromatic rings.